The van der Waals surface area contributed by atoms with Crippen LogP contribution in [0.2, 0.25) is 0 Å². The number of hydrogen-bond acceptors (Lipinski definition) is 2. The summed E-state index contributed by atoms with van der Waals surface area (Å²) in [4.78, 5) is 1.17. The zero-order valence-corrected chi connectivity index (χ0v) is 11.6. The van der Waals surface area contributed by atoms with E-state index in [2.05, 4.69) is 12.2 Å². The van der Waals surface area contributed by atoms with Crippen molar-refractivity contribution in [1.29, 1.82) is 0 Å². The molecule has 0 bridgehead atoms. The highest BCUT2D eigenvalue weighted by atomic mass is 32.1. The van der Waals surface area contributed by atoms with E-state index in [1.807, 2.05) is 18.4 Å². The van der Waals surface area contributed by atoms with Crippen LogP contribution >= 0.6 is 11.3 Å². The molecule has 0 aliphatic heterocycles. The van der Waals surface area contributed by atoms with Gasteiger partial charge in [-0.3, -0.25) is 0 Å². The van der Waals surface area contributed by atoms with Crippen LogP contribution in [0, 0.1) is 6.92 Å². The van der Waals surface area contributed by atoms with Crippen LogP contribution in [-0.4, -0.2) is 12.7 Å². The number of thiophene rings is 1. The Balaban J connectivity index is 2.54. The van der Waals surface area contributed by atoms with E-state index in [0.29, 0.717) is 6.42 Å². The molecule has 1 heterocycles. The van der Waals surface area contributed by atoms with Gasteiger partial charge in [-0.1, -0.05) is 6.92 Å². The van der Waals surface area contributed by atoms with Crippen molar-refractivity contribution in [2.24, 2.45) is 0 Å². The molecule has 1 nitrogen and oxygen atoms in total. The molecule has 0 radical (unpaired) electrons. The number of nitrogens with one attached hydrogen (secondary N) is 1. The van der Waals surface area contributed by atoms with Crippen LogP contribution in [0.25, 0.3) is 0 Å². The van der Waals surface area contributed by atoms with Gasteiger partial charge in [-0.25, -0.2) is 0 Å². The number of rotatable bonds is 7. The first-order valence-corrected chi connectivity index (χ1v) is 7.16. The van der Waals surface area contributed by atoms with Crippen LogP contribution in [-0.2, 0) is 0 Å². The van der Waals surface area contributed by atoms with E-state index in [-0.39, 0.29) is 12.5 Å². The molecule has 1 rings (SSSR count). The molecule has 1 unspecified atom stereocenters. The van der Waals surface area contributed by atoms with Crippen LogP contribution in [0.15, 0.2) is 11.4 Å². The van der Waals surface area contributed by atoms with Crippen LogP contribution in [0.5, 0.6) is 0 Å². The normalized spacial score (nSPS) is 13.8. The smallest absolute Gasteiger partial charge is 0.309 e. The van der Waals surface area contributed by atoms with Crippen molar-refractivity contribution in [1.82, 2.24) is 5.32 Å². The third-order valence-electron chi connectivity index (χ3n) is 2.81. The summed E-state index contributed by atoms with van der Waals surface area (Å²) in [5.74, 6) is 0. The van der Waals surface area contributed by atoms with Gasteiger partial charge in [0, 0.05) is 17.3 Å². The second kappa shape index (κ2) is 7.14. The minimum Gasteiger partial charge on any atom is -0.309 e. The molecule has 18 heavy (non-hydrogen) atoms. The fraction of sp³-hybridized carbons (Fsp3) is 0.692. The Bertz CT molecular complexity index is 346. The Morgan fingerprint density at radius 1 is 1.39 bits per heavy atom. The van der Waals surface area contributed by atoms with E-state index in [0.717, 1.165) is 13.0 Å². The van der Waals surface area contributed by atoms with E-state index in [1.165, 1.54) is 10.4 Å². The highest BCUT2D eigenvalue weighted by Crippen LogP contribution is 2.30. The largest absolute Gasteiger partial charge is 0.389 e. The van der Waals surface area contributed by atoms with Gasteiger partial charge in [0.15, 0.2) is 0 Å². The lowest BCUT2D eigenvalue weighted by molar-refractivity contribution is -0.135. The van der Waals surface area contributed by atoms with Gasteiger partial charge in [0.2, 0.25) is 0 Å². The summed E-state index contributed by atoms with van der Waals surface area (Å²) >= 11 is 1.62. The van der Waals surface area contributed by atoms with Gasteiger partial charge in [-0.15, -0.1) is 11.3 Å². The SMILES string of the molecule is CCCNC(CCCC(F)(F)F)c1sccc1C. The summed E-state index contributed by atoms with van der Waals surface area (Å²) in [5.41, 5.74) is 1.17. The average molecular weight is 279 g/mol. The standard InChI is InChI=1S/C13H20F3NS/c1-3-8-17-11(5-4-7-13(14,15)16)12-10(2)6-9-18-12/h6,9,11,17H,3-5,7-8H2,1-2H3. The maximum absolute atomic E-state index is 12.2. The first kappa shape index (κ1) is 15.5. The molecule has 1 aromatic heterocycles. The highest BCUT2D eigenvalue weighted by Gasteiger charge is 2.27. The van der Waals surface area contributed by atoms with Crippen molar-refractivity contribution in [3.8, 4) is 0 Å². The lowest BCUT2D eigenvalue weighted by atomic mass is 10.1. The molecular weight excluding hydrogens is 259 g/mol. The predicted molar refractivity (Wildman–Crippen MR) is 70.0 cm³/mol. The van der Waals surface area contributed by atoms with Gasteiger partial charge < -0.3 is 5.32 Å². The zero-order valence-electron chi connectivity index (χ0n) is 10.8. The maximum Gasteiger partial charge on any atom is 0.389 e. The van der Waals surface area contributed by atoms with Gasteiger partial charge in [-0.05, 0) is 49.7 Å². The summed E-state index contributed by atoms with van der Waals surface area (Å²) in [6, 6.07) is 2.08. The van der Waals surface area contributed by atoms with Crippen molar-refractivity contribution in [3.63, 3.8) is 0 Å². The first-order chi connectivity index (χ1) is 8.44. The Morgan fingerprint density at radius 2 is 2.11 bits per heavy atom. The van der Waals surface area contributed by atoms with Crippen molar-refractivity contribution >= 4 is 11.3 Å². The molecule has 1 aromatic rings. The van der Waals surface area contributed by atoms with Crippen molar-refractivity contribution in [3.05, 3.63) is 21.9 Å². The molecule has 0 amide bonds. The molecule has 1 atom stereocenters. The molecule has 0 aliphatic rings. The second-order valence-corrected chi connectivity index (χ2v) is 5.43. The van der Waals surface area contributed by atoms with Crippen LogP contribution in [0.1, 0.15) is 49.1 Å². The molecule has 0 aromatic carbocycles. The molecule has 0 saturated heterocycles. The quantitative estimate of drug-likeness (QED) is 0.753. The lowest BCUT2D eigenvalue weighted by Gasteiger charge is -2.18. The molecule has 0 spiro atoms. The molecule has 5 heteroatoms. The zero-order chi connectivity index (χ0) is 13.6. The van der Waals surface area contributed by atoms with Gasteiger partial charge in [0.1, 0.15) is 0 Å². The summed E-state index contributed by atoms with van der Waals surface area (Å²) in [6.45, 7) is 4.91. The Hall–Kier alpha value is -0.550. The van der Waals surface area contributed by atoms with Gasteiger partial charge in [-0.2, -0.15) is 13.2 Å². The average Bonchev–Trinajstić information content (AvgIpc) is 2.68. The van der Waals surface area contributed by atoms with E-state index in [9.17, 15) is 13.2 Å². The summed E-state index contributed by atoms with van der Waals surface area (Å²) < 4.78 is 36.5. The van der Waals surface area contributed by atoms with E-state index < -0.39 is 12.6 Å². The molecular formula is C13H20F3NS. The van der Waals surface area contributed by atoms with E-state index >= 15 is 0 Å². The van der Waals surface area contributed by atoms with Crippen LogP contribution in [0.3, 0.4) is 0 Å². The molecule has 0 saturated carbocycles. The summed E-state index contributed by atoms with van der Waals surface area (Å²) in [5, 5.41) is 5.34. The van der Waals surface area contributed by atoms with Crippen molar-refractivity contribution in [2.45, 2.75) is 51.7 Å². The third kappa shape index (κ3) is 5.40. The predicted octanol–water partition coefficient (Wildman–Crippen LogP) is 4.83. The minimum atomic E-state index is -4.04. The lowest BCUT2D eigenvalue weighted by Crippen LogP contribution is -2.22. The van der Waals surface area contributed by atoms with E-state index in [1.54, 1.807) is 11.3 Å². The fourth-order valence-corrected chi connectivity index (χ4v) is 2.93. The highest BCUT2D eigenvalue weighted by molar-refractivity contribution is 7.10. The first-order valence-electron chi connectivity index (χ1n) is 6.28. The van der Waals surface area contributed by atoms with Crippen LogP contribution in [0.4, 0.5) is 13.2 Å². The van der Waals surface area contributed by atoms with Crippen LogP contribution < -0.4 is 5.32 Å². The van der Waals surface area contributed by atoms with Crippen molar-refractivity contribution in [2.75, 3.05) is 6.54 Å². The summed E-state index contributed by atoms with van der Waals surface area (Å²) in [6.07, 6.45) is -3.02. The third-order valence-corrected chi connectivity index (χ3v) is 3.94. The minimum absolute atomic E-state index is 0.0623. The van der Waals surface area contributed by atoms with Gasteiger partial charge in [0.25, 0.3) is 0 Å². The Labute approximate surface area is 110 Å². The van der Waals surface area contributed by atoms with Crippen molar-refractivity contribution < 1.29 is 13.2 Å². The maximum atomic E-state index is 12.2. The number of hydrogen-bond donors (Lipinski definition) is 1. The van der Waals surface area contributed by atoms with E-state index in [4.69, 9.17) is 0 Å². The molecule has 1 N–H and O–H groups in total. The monoisotopic (exact) mass is 279 g/mol. The molecule has 0 fully saturated rings. The van der Waals surface area contributed by atoms with Gasteiger partial charge >= 0.3 is 6.18 Å². The number of aryl methyl sites for hydroxylation is 1. The topological polar surface area (TPSA) is 12.0 Å². The second-order valence-electron chi connectivity index (χ2n) is 4.48. The molecule has 0 aliphatic carbocycles. The summed E-state index contributed by atoms with van der Waals surface area (Å²) in [7, 11) is 0. The fourth-order valence-electron chi connectivity index (χ4n) is 1.89. The Morgan fingerprint density at radius 3 is 2.61 bits per heavy atom. The Kier molecular flexibility index (Phi) is 6.15. The number of halogens is 3. The van der Waals surface area contributed by atoms with Gasteiger partial charge in [0.05, 0.1) is 0 Å². The molecule has 104 valence electrons. The number of alkyl halides is 3.